The number of carbonyl (C=O) groups excluding carboxylic acids is 1. The number of benzene rings is 2. The van der Waals surface area contributed by atoms with Gasteiger partial charge in [-0.1, -0.05) is 48.5 Å². The highest BCUT2D eigenvalue weighted by molar-refractivity contribution is 6.30. The molecule has 0 aliphatic carbocycles. The second-order valence-electron chi connectivity index (χ2n) is 5.01. The van der Waals surface area contributed by atoms with E-state index >= 15 is 0 Å². The van der Waals surface area contributed by atoms with Gasteiger partial charge in [0.25, 0.3) is 0 Å². The Morgan fingerprint density at radius 1 is 1.14 bits per heavy atom. The van der Waals surface area contributed by atoms with Gasteiger partial charge in [0.05, 0.1) is 6.61 Å². The Kier molecular flexibility index (Phi) is 5.84. The first kappa shape index (κ1) is 16.4. The van der Waals surface area contributed by atoms with Crippen molar-refractivity contribution in [1.29, 1.82) is 0 Å². The molecule has 4 heteroatoms. The standard InChI is InChI=1S/C18H20ClNO2/c1-3-22-16-12-8-7-11-15(16)13-20(2)18(21)17(19)14-9-5-4-6-10-14/h4-12,17H,3,13H2,1-2H3. The van der Waals surface area contributed by atoms with E-state index in [1.54, 1.807) is 11.9 Å². The third kappa shape index (κ3) is 4.01. The van der Waals surface area contributed by atoms with E-state index in [2.05, 4.69) is 0 Å². The maximum Gasteiger partial charge on any atom is 0.245 e. The smallest absolute Gasteiger partial charge is 0.245 e. The van der Waals surface area contributed by atoms with Crippen LogP contribution in [0, 0.1) is 0 Å². The second-order valence-corrected chi connectivity index (χ2v) is 5.44. The molecule has 0 fully saturated rings. The summed E-state index contributed by atoms with van der Waals surface area (Å²) in [5, 5.41) is -0.676. The van der Waals surface area contributed by atoms with Crippen molar-refractivity contribution in [3.8, 4) is 5.75 Å². The van der Waals surface area contributed by atoms with Crippen molar-refractivity contribution < 1.29 is 9.53 Å². The SMILES string of the molecule is CCOc1ccccc1CN(C)C(=O)C(Cl)c1ccccc1. The van der Waals surface area contributed by atoms with Crippen molar-refractivity contribution in [2.45, 2.75) is 18.8 Å². The molecule has 2 aromatic rings. The first-order valence-corrected chi connectivity index (χ1v) is 7.71. The molecule has 0 bridgehead atoms. The molecule has 1 amide bonds. The summed E-state index contributed by atoms with van der Waals surface area (Å²) in [4.78, 5) is 14.1. The highest BCUT2D eigenvalue weighted by atomic mass is 35.5. The van der Waals surface area contributed by atoms with Gasteiger partial charge in [-0.2, -0.15) is 0 Å². The summed E-state index contributed by atoms with van der Waals surface area (Å²) in [6.45, 7) is 3.00. The lowest BCUT2D eigenvalue weighted by Gasteiger charge is -2.22. The van der Waals surface area contributed by atoms with E-state index in [0.29, 0.717) is 13.2 Å². The number of amides is 1. The van der Waals surface area contributed by atoms with Crippen molar-refractivity contribution >= 4 is 17.5 Å². The summed E-state index contributed by atoms with van der Waals surface area (Å²) in [6.07, 6.45) is 0. The van der Waals surface area contributed by atoms with Crippen molar-refractivity contribution in [2.24, 2.45) is 0 Å². The van der Waals surface area contributed by atoms with Crippen molar-refractivity contribution in [3.05, 3.63) is 65.7 Å². The molecule has 0 saturated carbocycles. The summed E-state index contributed by atoms with van der Waals surface area (Å²) in [7, 11) is 1.75. The average Bonchev–Trinajstić information content (AvgIpc) is 2.56. The van der Waals surface area contributed by atoms with E-state index in [-0.39, 0.29) is 5.91 Å². The molecule has 2 rings (SSSR count). The van der Waals surface area contributed by atoms with Crippen LogP contribution in [0.5, 0.6) is 5.75 Å². The topological polar surface area (TPSA) is 29.5 Å². The molecule has 0 heterocycles. The molecule has 0 saturated heterocycles. The molecule has 0 aliphatic rings. The normalized spacial score (nSPS) is 11.8. The van der Waals surface area contributed by atoms with Gasteiger partial charge in [0, 0.05) is 19.2 Å². The van der Waals surface area contributed by atoms with Crippen LogP contribution in [0.15, 0.2) is 54.6 Å². The number of hydrogen-bond acceptors (Lipinski definition) is 2. The Bertz CT molecular complexity index is 615. The number of halogens is 1. The molecule has 1 unspecified atom stereocenters. The third-order valence-corrected chi connectivity index (χ3v) is 3.80. The summed E-state index contributed by atoms with van der Waals surface area (Å²) < 4.78 is 5.59. The number of alkyl halides is 1. The van der Waals surface area contributed by atoms with E-state index in [1.165, 1.54) is 0 Å². The number of hydrogen-bond donors (Lipinski definition) is 0. The minimum atomic E-state index is -0.676. The second kappa shape index (κ2) is 7.85. The Morgan fingerprint density at radius 3 is 2.45 bits per heavy atom. The summed E-state index contributed by atoms with van der Waals surface area (Å²) in [6, 6.07) is 17.1. The number of ether oxygens (including phenoxy) is 1. The number of carbonyl (C=O) groups is 1. The lowest BCUT2D eigenvalue weighted by atomic mass is 10.1. The first-order valence-electron chi connectivity index (χ1n) is 7.28. The van der Waals surface area contributed by atoms with Gasteiger partial charge in [-0.25, -0.2) is 0 Å². The maximum absolute atomic E-state index is 12.5. The van der Waals surface area contributed by atoms with Gasteiger partial charge in [0.2, 0.25) is 5.91 Å². The number of rotatable bonds is 6. The molecule has 116 valence electrons. The monoisotopic (exact) mass is 317 g/mol. The molecule has 0 aliphatic heterocycles. The zero-order chi connectivity index (χ0) is 15.9. The van der Waals surface area contributed by atoms with Crippen molar-refractivity contribution in [1.82, 2.24) is 4.90 Å². The Balaban J connectivity index is 2.09. The maximum atomic E-state index is 12.5. The van der Waals surface area contributed by atoms with E-state index in [9.17, 15) is 4.79 Å². The predicted molar refractivity (Wildman–Crippen MR) is 89.1 cm³/mol. The number of likely N-dealkylation sites (N-methyl/N-ethyl adjacent to an activating group) is 1. The molecule has 0 radical (unpaired) electrons. The van der Waals surface area contributed by atoms with E-state index in [4.69, 9.17) is 16.3 Å². The molecule has 0 spiro atoms. The van der Waals surface area contributed by atoms with Gasteiger partial charge in [-0.3, -0.25) is 4.79 Å². The zero-order valence-corrected chi connectivity index (χ0v) is 13.6. The minimum absolute atomic E-state index is 0.126. The molecular weight excluding hydrogens is 298 g/mol. The Labute approximate surface area is 136 Å². The van der Waals surface area contributed by atoms with Crippen LogP contribution in [0.1, 0.15) is 23.4 Å². The Hall–Kier alpha value is -2.00. The van der Waals surface area contributed by atoms with E-state index < -0.39 is 5.38 Å². The molecule has 0 aromatic heterocycles. The Morgan fingerprint density at radius 2 is 1.77 bits per heavy atom. The van der Waals surface area contributed by atoms with Crippen LogP contribution >= 0.6 is 11.6 Å². The average molecular weight is 318 g/mol. The fourth-order valence-corrected chi connectivity index (χ4v) is 2.53. The third-order valence-electron chi connectivity index (χ3n) is 3.37. The largest absolute Gasteiger partial charge is 0.494 e. The van der Waals surface area contributed by atoms with Gasteiger partial charge < -0.3 is 9.64 Å². The first-order chi connectivity index (χ1) is 10.6. The van der Waals surface area contributed by atoms with Crippen LogP contribution in [0.2, 0.25) is 0 Å². The van der Waals surface area contributed by atoms with Gasteiger partial charge in [-0.05, 0) is 18.6 Å². The number of nitrogens with zero attached hydrogens (tertiary/aromatic N) is 1. The fraction of sp³-hybridized carbons (Fsp3) is 0.278. The van der Waals surface area contributed by atoms with Crippen LogP contribution in [0.25, 0.3) is 0 Å². The van der Waals surface area contributed by atoms with Gasteiger partial charge in [-0.15, -0.1) is 11.6 Å². The summed E-state index contributed by atoms with van der Waals surface area (Å²) >= 11 is 6.30. The van der Waals surface area contributed by atoms with Gasteiger partial charge in [0.15, 0.2) is 0 Å². The lowest BCUT2D eigenvalue weighted by Crippen LogP contribution is -2.29. The molecule has 1 atom stereocenters. The van der Waals surface area contributed by atoms with Crippen LogP contribution in [0.3, 0.4) is 0 Å². The fourth-order valence-electron chi connectivity index (χ4n) is 2.22. The minimum Gasteiger partial charge on any atom is -0.494 e. The summed E-state index contributed by atoms with van der Waals surface area (Å²) in [5.41, 5.74) is 1.77. The summed E-state index contributed by atoms with van der Waals surface area (Å²) in [5.74, 6) is 0.676. The highest BCUT2D eigenvalue weighted by Crippen LogP contribution is 2.25. The van der Waals surface area contributed by atoms with Crippen LogP contribution in [0.4, 0.5) is 0 Å². The molecule has 22 heavy (non-hydrogen) atoms. The van der Waals surface area contributed by atoms with Crippen LogP contribution in [-0.4, -0.2) is 24.5 Å². The van der Waals surface area contributed by atoms with Crippen molar-refractivity contribution in [2.75, 3.05) is 13.7 Å². The van der Waals surface area contributed by atoms with E-state index in [1.807, 2.05) is 61.5 Å². The van der Waals surface area contributed by atoms with E-state index in [0.717, 1.165) is 16.9 Å². The quantitative estimate of drug-likeness (QED) is 0.753. The van der Waals surface area contributed by atoms with Crippen molar-refractivity contribution in [3.63, 3.8) is 0 Å². The van der Waals surface area contributed by atoms with Crippen LogP contribution < -0.4 is 4.74 Å². The lowest BCUT2D eigenvalue weighted by molar-refractivity contribution is -0.130. The molecule has 0 N–H and O–H groups in total. The van der Waals surface area contributed by atoms with Gasteiger partial charge >= 0.3 is 0 Å². The van der Waals surface area contributed by atoms with Crippen LogP contribution in [-0.2, 0) is 11.3 Å². The number of para-hydroxylation sites is 1. The predicted octanol–water partition coefficient (Wildman–Crippen LogP) is 4.02. The molecule has 2 aromatic carbocycles. The molecular formula is C18H20ClNO2. The zero-order valence-electron chi connectivity index (χ0n) is 12.8. The van der Waals surface area contributed by atoms with Gasteiger partial charge in [0.1, 0.15) is 11.1 Å². The molecule has 3 nitrogen and oxygen atoms in total. The highest BCUT2D eigenvalue weighted by Gasteiger charge is 2.22.